The molecule has 0 saturated carbocycles. The van der Waals surface area contributed by atoms with E-state index in [1.165, 1.54) is 35.6 Å². The lowest BCUT2D eigenvalue weighted by Crippen LogP contribution is -2.16. The lowest BCUT2D eigenvalue weighted by molar-refractivity contribution is 0.147. The molecule has 0 saturated heterocycles. The van der Waals surface area contributed by atoms with Gasteiger partial charge in [-0.3, -0.25) is 5.32 Å². The fourth-order valence-corrected chi connectivity index (χ4v) is 2.04. The van der Waals surface area contributed by atoms with Crippen molar-refractivity contribution in [1.29, 1.82) is 0 Å². The summed E-state index contributed by atoms with van der Waals surface area (Å²) >= 11 is 1.18. The topological polar surface area (TPSA) is 73.3 Å². The van der Waals surface area contributed by atoms with Gasteiger partial charge in [-0.2, -0.15) is 0 Å². The van der Waals surface area contributed by atoms with E-state index in [9.17, 15) is 9.18 Å². The number of hydrogen-bond donors (Lipinski definition) is 1. The molecular weight excluding hydrogens is 309 g/mol. The molecule has 0 atom stereocenters. The van der Waals surface area contributed by atoms with Crippen LogP contribution in [0.15, 0.2) is 24.3 Å². The third-order valence-corrected chi connectivity index (χ3v) is 3.21. The Labute approximate surface area is 131 Å². The molecule has 1 amide bonds. The van der Waals surface area contributed by atoms with Crippen LogP contribution in [0.2, 0.25) is 0 Å². The van der Waals surface area contributed by atoms with E-state index in [2.05, 4.69) is 15.5 Å². The number of nitrogens with zero attached hydrogens (tertiary/aromatic N) is 2. The Hall–Kier alpha value is -2.22. The molecule has 0 bridgehead atoms. The Morgan fingerprint density at radius 3 is 2.73 bits per heavy atom. The standard InChI is InChI=1S/C14H16FN3O3S/c1-9(2)7-21-14(19)16-13-18-17-12(22-13)8-20-11-5-3-10(15)4-6-11/h3-6,9H,7-8H2,1-2H3,(H,16,18,19). The Kier molecular flexibility index (Phi) is 5.65. The molecule has 8 heteroatoms. The number of amides is 1. The maximum atomic E-state index is 12.8. The Morgan fingerprint density at radius 1 is 1.32 bits per heavy atom. The van der Waals surface area contributed by atoms with Crippen molar-refractivity contribution in [1.82, 2.24) is 10.2 Å². The molecule has 2 aromatic rings. The number of rotatable bonds is 6. The first-order valence-corrected chi connectivity index (χ1v) is 7.49. The molecule has 1 aromatic heterocycles. The summed E-state index contributed by atoms with van der Waals surface area (Å²) in [7, 11) is 0. The zero-order chi connectivity index (χ0) is 15.9. The van der Waals surface area contributed by atoms with Crippen molar-refractivity contribution >= 4 is 22.6 Å². The number of carbonyl (C=O) groups is 1. The number of hydrogen-bond acceptors (Lipinski definition) is 6. The van der Waals surface area contributed by atoms with Crippen molar-refractivity contribution in [3.8, 4) is 5.75 Å². The van der Waals surface area contributed by atoms with Crippen molar-refractivity contribution in [2.24, 2.45) is 5.92 Å². The second kappa shape index (κ2) is 7.69. The van der Waals surface area contributed by atoms with Crippen molar-refractivity contribution < 1.29 is 18.7 Å². The van der Waals surface area contributed by atoms with Gasteiger partial charge >= 0.3 is 6.09 Å². The largest absolute Gasteiger partial charge is 0.486 e. The molecule has 0 aliphatic carbocycles. The number of halogens is 1. The van der Waals surface area contributed by atoms with Gasteiger partial charge in [0, 0.05) is 0 Å². The van der Waals surface area contributed by atoms with Gasteiger partial charge in [0.15, 0.2) is 5.01 Å². The van der Waals surface area contributed by atoms with Crippen LogP contribution in [-0.4, -0.2) is 22.9 Å². The molecule has 6 nitrogen and oxygen atoms in total. The van der Waals surface area contributed by atoms with Crippen LogP contribution in [0.4, 0.5) is 14.3 Å². The molecule has 0 radical (unpaired) electrons. The third-order valence-electron chi connectivity index (χ3n) is 2.40. The average Bonchev–Trinajstić information content (AvgIpc) is 2.92. The first kappa shape index (κ1) is 16.2. The van der Waals surface area contributed by atoms with Gasteiger partial charge in [0.25, 0.3) is 0 Å². The van der Waals surface area contributed by atoms with E-state index in [1.807, 2.05) is 13.8 Å². The molecule has 1 heterocycles. The Balaban J connectivity index is 1.81. The molecule has 0 aliphatic rings. The third kappa shape index (κ3) is 5.28. The smallest absolute Gasteiger partial charge is 0.413 e. The summed E-state index contributed by atoms with van der Waals surface area (Å²) in [4.78, 5) is 11.5. The molecule has 1 aromatic carbocycles. The zero-order valence-corrected chi connectivity index (χ0v) is 13.0. The van der Waals surface area contributed by atoms with Crippen LogP contribution >= 0.6 is 11.3 Å². The Morgan fingerprint density at radius 2 is 2.05 bits per heavy atom. The quantitative estimate of drug-likeness (QED) is 0.880. The lowest BCUT2D eigenvalue weighted by Gasteiger charge is -2.06. The van der Waals surface area contributed by atoms with Crippen LogP contribution in [0, 0.1) is 11.7 Å². The number of aromatic nitrogens is 2. The predicted molar refractivity (Wildman–Crippen MR) is 80.4 cm³/mol. The van der Waals surface area contributed by atoms with Crippen molar-refractivity contribution in [2.75, 3.05) is 11.9 Å². The predicted octanol–water partition coefficient (Wildman–Crippen LogP) is 3.46. The van der Waals surface area contributed by atoms with E-state index in [0.717, 1.165) is 0 Å². The molecule has 0 fully saturated rings. The minimum atomic E-state index is -0.559. The molecule has 0 aliphatic heterocycles. The van der Waals surface area contributed by atoms with Crippen LogP contribution in [0.25, 0.3) is 0 Å². The van der Waals surface area contributed by atoms with Crippen LogP contribution < -0.4 is 10.1 Å². The van der Waals surface area contributed by atoms with Gasteiger partial charge in [-0.25, -0.2) is 9.18 Å². The van der Waals surface area contributed by atoms with Crippen LogP contribution in [0.1, 0.15) is 18.9 Å². The van der Waals surface area contributed by atoms with E-state index < -0.39 is 6.09 Å². The van der Waals surface area contributed by atoms with Crippen LogP contribution in [-0.2, 0) is 11.3 Å². The summed E-state index contributed by atoms with van der Waals surface area (Å²) < 4.78 is 23.2. The van der Waals surface area contributed by atoms with Crippen molar-refractivity contribution in [3.05, 3.63) is 35.1 Å². The van der Waals surface area contributed by atoms with Gasteiger partial charge in [-0.05, 0) is 30.2 Å². The van der Waals surface area contributed by atoms with Crippen LogP contribution in [0.5, 0.6) is 5.75 Å². The highest BCUT2D eigenvalue weighted by Gasteiger charge is 2.10. The number of benzene rings is 1. The molecule has 22 heavy (non-hydrogen) atoms. The molecule has 2 rings (SSSR count). The van der Waals surface area contributed by atoms with E-state index in [-0.39, 0.29) is 18.3 Å². The van der Waals surface area contributed by atoms with Crippen molar-refractivity contribution in [2.45, 2.75) is 20.5 Å². The summed E-state index contributed by atoms with van der Waals surface area (Å²) in [5.41, 5.74) is 0. The number of carbonyl (C=O) groups excluding carboxylic acids is 1. The number of nitrogens with one attached hydrogen (secondary N) is 1. The highest BCUT2D eigenvalue weighted by atomic mass is 32.1. The summed E-state index contributed by atoms with van der Waals surface area (Å²) in [5.74, 6) is 0.469. The van der Waals surface area contributed by atoms with Gasteiger partial charge in [0.1, 0.15) is 18.2 Å². The molecule has 0 spiro atoms. The fraction of sp³-hybridized carbons (Fsp3) is 0.357. The highest BCUT2D eigenvalue weighted by molar-refractivity contribution is 7.15. The average molecular weight is 325 g/mol. The normalized spacial score (nSPS) is 10.5. The second-order valence-corrected chi connectivity index (χ2v) is 5.92. The molecule has 118 valence electrons. The van der Waals surface area contributed by atoms with Gasteiger partial charge in [0.05, 0.1) is 6.61 Å². The fourth-order valence-electron chi connectivity index (χ4n) is 1.40. The lowest BCUT2D eigenvalue weighted by atomic mass is 10.2. The van der Waals surface area contributed by atoms with E-state index >= 15 is 0 Å². The minimum absolute atomic E-state index is 0.187. The summed E-state index contributed by atoms with van der Waals surface area (Å²) in [5, 5.41) is 11.2. The summed E-state index contributed by atoms with van der Waals surface area (Å²) in [6.07, 6.45) is -0.559. The number of ether oxygens (including phenoxy) is 2. The monoisotopic (exact) mass is 325 g/mol. The van der Waals surface area contributed by atoms with Gasteiger partial charge < -0.3 is 9.47 Å². The zero-order valence-electron chi connectivity index (χ0n) is 12.2. The molecular formula is C14H16FN3O3S. The first-order valence-electron chi connectivity index (χ1n) is 6.67. The SMILES string of the molecule is CC(C)COC(=O)Nc1nnc(COc2ccc(F)cc2)s1. The number of anilines is 1. The summed E-state index contributed by atoms with van der Waals surface area (Å²) in [6.45, 7) is 4.42. The molecule has 1 N–H and O–H groups in total. The van der Waals surface area contributed by atoms with Gasteiger partial charge in [-0.1, -0.05) is 25.2 Å². The van der Waals surface area contributed by atoms with Gasteiger partial charge in [0.2, 0.25) is 5.13 Å². The Bertz CT molecular complexity index is 616. The molecule has 0 unspecified atom stereocenters. The minimum Gasteiger partial charge on any atom is -0.486 e. The highest BCUT2D eigenvalue weighted by Crippen LogP contribution is 2.18. The maximum absolute atomic E-state index is 12.8. The summed E-state index contributed by atoms with van der Waals surface area (Å²) in [6, 6.07) is 5.68. The maximum Gasteiger partial charge on any atom is 0.413 e. The van der Waals surface area contributed by atoms with E-state index in [0.29, 0.717) is 22.5 Å². The second-order valence-electron chi connectivity index (χ2n) is 4.86. The van der Waals surface area contributed by atoms with Crippen molar-refractivity contribution in [3.63, 3.8) is 0 Å². The van der Waals surface area contributed by atoms with E-state index in [1.54, 1.807) is 0 Å². The van der Waals surface area contributed by atoms with Crippen LogP contribution in [0.3, 0.4) is 0 Å². The first-order chi connectivity index (χ1) is 10.5. The van der Waals surface area contributed by atoms with E-state index in [4.69, 9.17) is 9.47 Å². The van der Waals surface area contributed by atoms with Gasteiger partial charge in [-0.15, -0.1) is 10.2 Å².